The summed E-state index contributed by atoms with van der Waals surface area (Å²) in [5.74, 6) is 0. The maximum absolute atomic E-state index is 10.8. The quantitative estimate of drug-likeness (QED) is 0.612. The monoisotopic (exact) mass is 274 g/mol. The Morgan fingerprint density at radius 1 is 1.13 bits per heavy atom. The van der Waals surface area contributed by atoms with Crippen molar-refractivity contribution in [1.29, 1.82) is 0 Å². The first-order valence-electron chi connectivity index (χ1n) is 4.67. The summed E-state index contributed by atoms with van der Waals surface area (Å²) in [6.07, 6.45) is 0. The molecule has 0 aliphatic carbocycles. The summed E-state index contributed by atoms with van der Waals surface area (Å²) in [6, 6.07) is 6.76. The first-order chi connectivity index (χ1) is 6.75. The van der Waals surface area contributed by atoms with E-state index < -0.39 is 0 Å². The molecule has 74 valence electrons. The van der Waals surface area contributed by atoms with Crippen LogP contribution in [0.4, 0.5) is 0 Å². The number of nitrogens with zero attached hydrogens (tertiary/aromatic N) is 2. The van der Waals surface area contributed by atoms with E-state index in [1.54, 1.807) is 12.1 Å². The van der Waals surface area contributed by atoms with Crippen LogP contribution in [0.5, 0.6) is 0 Å². The number of pyridine rings is 2. The molecule has 15 heavy (non-hydrogen) atoms. The second-order valence-electron chi connectivity index (χ2n) is 2.64. The van der Waals surface area contributed by atoms with Crippen LogP contribution in [0.2, 0.25) is 0 Å². The smallest absolute Gasteiger partial charge is 0.621 e. The van der Waals surface area contributed by atoms with Gasteiger partial charge in [-0.25, -0.2) is 0 Å². The molecule has 0 amide bonds. The molecule has 2 aromatic heterocycles. The third-order valence-corrected chi connectivity index (χ3v) is 1.66. The molecule has 0 aliphatic rings. The average Bonchev–Trinajstić information content (AvgIpc) is 2.21. The molecule has 2 heterocycles. The van der Waals surface area contributed by atoms with E-state index >= 15 is 0 Å². The van der Waals surface area contributed by atoms with Gasteiger partial charge < -0.3 is 9.78 Å². The van der Waals surface area contributed by atoms with Crippen LogP contribution in [0.3, 0.4) is 0 Å². The molecular weight excluding hydrogens is 262 g/mol. The van der Waals surface area contributed by atoms with Crippen LogP contribution in [0.1, 0.15) is 19.5 Å². The zero-order valence-corrected chi connectivity index (χ0v) is 14.5. The normalized spacial score (nSPS) is 8.73. The van der Waals surface area contributed by atoms with Crippen LogP contribution in [0.25, 0.3) is 11.0 Å². The van der Waals surface area contributed by atoms with Crippen LogP contribution in [-0.4, -0.2) is 4.98 Å². The van der Waals surface area contributed by atoms with Crippen molar-refractivity contribution in [2.45, 2.75) is 20.8 Å². The molecule has 4 heteroatoms. The van der Waals surface area contributed by atoms with Gasteiger partial charge in [0.15, 0.2) is 0 Å². The molecule has 0 N–H and O–H groups in total. The Morgan fingerprint density at radius 2 is 1.80 bits per heavy atom. The summed E-state index contributed by atoms with van der Waals surface area (Å²) < 4.78 is 0. The van der Waals surface area contributed by atoms with Crippen molar-refractivity contribution in [3.05, 3.63) is 40.3 Å². The second-order valence-corrected chi connectivity index (χ2v) is 2.64. The fourth-order valence-corrected chi connectivity index (χ4v) is 1.09. The van der Waals surface area contributed by atoms with Gasteiger partial charge in [0, 0.05) is 11.2 Å². The van der Waals surface area contributed by atoms with Gasteiger partial charge in [-0.3, -0.25) is 4.98 Å². The summed E-state index contributed by atoms with van der Waals surface area (Å²) >= 11 is 0. The molecule has 2 aromatic rings. The standard InChI is InChI=1S/C9H8N2O.C2H6.Rb/c1-6-2-3-8-7(10-6)4-5-9(12)11-8;1-2;/h2-5H,1H3,(H,11,12);1-2H3;/q;;+1/p-1. The maximum atomic E-state index is 10.8. The van der Waals surface area contributed by atoms with Gasteiger partial charge in [0.2, 0.25) is 0 Å². The van der Waals surface area contributed by atoms with Crippen molar-refractivity contribution in [1.82, 2.24) is 9.97 Å². The third kappa shape index (κ3) is 4.27. The first-order valence-corrected chi connectivity index (χ1v) is 4.67. The van der Waals surface area contributed by atoms with E-state index in [1.165, 1.54) is 6.07 Å². The number of fused-ring (bicyclic) bond motifs is 1. The van der Waals surface area contributed by atoms with Gasteiger partial charge in [-0.05, 0) is 25.1 Å². The van der Waals surface area contributed by atoms with E-state index in [2.05, 4.69) is 9.97 Å². The molecule has 0 fully saturated rings. The molecule has 0 bridgehead atoms. The summed E-state index contributed by atoms with van der Waals surface area (Å²) in [5, 5.41) is 0. The van der Waals surface area contributed by atoms with Gasteiger partial charge in [0.05, 0.1) is 5.56 Å². The number of aryl methyl sites for hydroxylation is 1. The predicted octanol–water partition coefficient (Wildman–Crippen LogP) is -1.11. The topological polar surface area (TPSA) is 44.1 Å². The Labute approximate surface area is 138 Å². The zero-order chi connectivity index (χ0) is 10.6. The van der Waals surface area contributed by atoms with Crippen molar-refractivity contribution >= 4 is 11.0 Å². The molecule has 0 saturated carbocycles. The molecule has 3 nitrogen and oxygen atoms in total. The van der Waals surface area contributed by atoms with Crippen molar-refractivity contribution in [3.63, 3.8) is 0 Å². The van der Waals surface area contributed by atoms with Gasteiger partial charge >= 0.3 is 58.2 Å². The molecule has 0 aromatic carbocycles. The molecule has 0 unspecified atom stereocenters. The van der Waals surface area contributed by atoms with E-state index in [4.69, 9.17) is 0 Å². The summed E-state index contributed by atoms with van der Waals surface area (Å²) in [5.41, 5.74) is 2.15. The number of aromatic nitrogens is 2. The Bertz CT molecular complexity index is 479. The minimum Gasteiger partial charge on any atom is -0.621 e. The van der Waals surface area contributed by atoms with Gasteiger partial charge in [0.25, 0.3) is 0 Å². The molecule has 0 radical (unpaired) electrons. The number of hydrogen-bond donors (Lipinski definition) is 0. The van der Waals surface area contributed by atoms with E-state index in [0.29, 0.717) is 5.52 Å². The van der Waals surface area contributed by atoms with Crippen molar-refractivity contribution in [2.75, 3.05) is 0 Å². The van der Waals surface area contributed by atoms with Crippen LogP contribution < -0.4 is 68.7 Å². The zero-order valence-electron chi connectivity index (χ0n) is 9.61. The Hall–Kier alpha value is 0.165. The maximum Gasteiger partial charge on any atom is 1.00 e. The van der Waals surface area contributed by atoms with Crippen molar-refractivity contribution < 1.29 is 58.2 Å². The molecular formula is C11H13N2ORb. The van der Waals surface area contributed by atoms with E-state index in [-0.39, 0.29) is 63.7 Å². The number of rotatable bonds is 0. The van der Waals surface area contributed by atoms with Crippen molar-refractivity contribution in [3.8, 4) is 0 Å². The largest absolute Gasteiger partial charge is 1.00 e. The Kier molecular flexibility index (Phi) is 7.52. The fourth-order valence-electron chi connectivity index (χ4n) is 1.09. The van der Waals surface area contributed by atoms with Gasteiger partial charge in [-0.15, -0.1) is 5.52 Å². The second kappa shape index (κ2) is 7.44. The minimum absolute atomic E-state index is 0. The third-order valence-electron chi connectivity index (χ3n) is 1.66. The molecule has 0 aliphatic heterocycles. The molecule has 0 saturated heterocycles. The molecule has 0 spiro atoms. The molecule has 2 rings (SSSR count). The van der Waals surface area contributed by atoms with Crippen LogP contribution in [0, 0.1) is 6.92 Å². The minimum atomic E-state index is -0.215. The SMILES string of the molecule is CC.Cc1ccc2[n-]c(=O)ccc2n1.[Rb+]. The van der Waals surface area contributed by atoms with Crippen LogP contribution >= 0.6 is 0 Å². The number of hydrogen-bond acceptors (Lipinski definition) is 2. The van der Waals surface area contributed by atoms with E-state index in [9.17, 15) is 4.79 Å². The molecule has 0 atom stereocenters. The Morgan fingerprint density at radius 3 is 2.47 bits per heavy atom. The first kappa shape index (κ1) is 15.2. The summed E-state index contributed by atoms with van der Waals surface area (Å²) in [7, 11) is 0. The van der Waals surface area contributed by atoms with Crippen LogP contribution in [-0.2, 0) is 0 Å². The van der Waals surface area contributed by atoms with Crippen LogP contribution in [0.15, 0.2) is 29.1 Å². The fraction of sp³-hybridized carbons (Fsp3) is 0.273. The summed E-state index contributed by atoms with van der Waals surface area (Å²) in [4.78, 5) is 18.8. The van der Waals surface area contributed by atoms with Gasteiger partial charge in [0.1, 0.15) is 0 Å². The van der Waals surface area contributed by atoms with E-state index in [0.717, 1.165) is 11.2 Å². The van der Waals surface area contributed by atoms with Gasteiger partial charge in [-0.1, -0.05) is 19.9 Å². The Balaban J connectivity index is 0.000000617. The average molecular weight is 275 g/mol. The summed E-state index contributed by atoms with van der Waals surface area (Å²) in [6.45, 7) is 5.91. The van der Waals surface area contributed by atoms with Crippen molar-refractivity contribution in [2.24, 2.45) is 0 Å². The van der Waals surface area contributed by atoms with E-state index in [1.807, 2.05) is 26.8 Å². The predicted molar refractivity (Wildman–Crippen MR) is 57.4 cm³/mol. The van der Waals surface area contributed by atoms with Gasteiger partial charge in [-0.2, -0.15) is 0 Å².